The second-order valence-corrected chi connectivity index (χ2v) is 7.76. The standard InChI is InChI=1S/C21H30O4/c1-15(2)14-18(19(22)23)17(20(24)25-21(3,4)5)13-9-12-16-10-7-6-8-11-16/h6-12,15,17-18H,13-14H2,1-5H3,(H,22,23)/b12-9+/t17-,18+/m0/s1. The van der Waals surface area contributed by atoms with Crippen LogP contribution in [0.15, 0.2) is 36.4 Å². The van der Waals surface area contributed by atoms with Crippen LogP contribution in [-0.4, -0.2) is 22.6 Å². The van der Waals surface area contributed by atoms with Crippen molar-refractivity contribution in [3.8, 4) is 0 Å². The van der Waals surface area contributed by atoms with Gasteiger partial charge in [-0.05, 0) is 45.1 Å². The van der Waals surface area contributed by atoms with Gasteiger partial charge in [0.2, 0.25) is 0 Å². The summed E-state index contributed by atoms with van der Waals surface area (Å²) in [6, 6.07) is 9.72. The van der Waals surface area contributed by atoms with Crippen LogP contribution in [0.1, 0.15) is 53.0 Å². The number of aliphatic carboxylic acids is 1. The van der Waals surface area contributed by atoms with E-state index >= 15 is 0 Å². The average molecular weight is 346 g/mol. The molecule has 0 bridgehead atoms. The Labute approximate surface area is 150 Å². The van der Waals surface area contributed by atoms with Gasteiger partial charge in [-0.1, -0.05) is 56.3 Å². The number of hydrogen-bond acceptors (Lipinski definition) is 3. The lowest BCUT2D eigenvalue weighted by atomic mass is 9.83. The molecule has 0 radical (unpaired) electrons. The van der Waals surface area contributed by atoms with Crippen LogP contribution in [0.5, 0.6) is 0 Å². The van der Waals surface area contributed by atoms with E-state index in [-0.39, 0.29) is 5.92 Å². The van der Waals surface area contributed by atoms with Gasteiger partial charge in [0, 0.05) is 0 Å². The summed E-state index contributed by atoms with van der Waals surface area (Å²) in [5.41, 5.74) is 0.375. The molecule has 0 saturated heterocycles. The second kappa shape index (κ2) is 9.40. The Hall–Kier alpha value is -2.10. The lowest BCUT2D eigenvalue weighted by Crippen LogP contribution is -2.36. The maximum absolute atomic E-state index is 12.6. The first-order valence-electron chi connectivity index (χ1n) is 8.77. The van der Waals surface area contributed by atoms with Crippen molar-refractivity contribution >= 4 is 18.0 Å². The van der Waals surface area contributed by atoms with E-state index in [4.69, 9.17) is 4.74 Å². The number of hydrogen-bond donors (Lipinski definition) is 1. The van der Waals surface area contributed by atoms with E-state index < -0.39 is 29.4 Å². The molecule has 2 atom stereocenters. The van der Waals surface area contributed by atoms with Crippen molar-refractivity contribution in [3.63, 3.8) is 0 Å². The van der Waals surface area contributed by atoms with Gasteiger partial charge in [0.1, 0.15) is 5.60 Å². The number of rotatable bonds is 8. The Morgan fingerprint density at radius 2 is 1.72 bits per heavy atom. The third kappa shape index (κ3) is 8.01. The first kappa shape index (κ1) is 20.9. The first-order chi connectivity index (χ1) is 11.6. The van der Waals surface area contributed by atoms with Crippen LogP contribution in [0.25, 0.3) is 6.08 Å². The molecule has 0 spiro atoms. The summed E-state index contributed by atoms with van der Waals surface area (Å²) in [5, 5.41) is 9.62. The molecule has 0 unspecified atom stereocenters. The number of benzene rings is 1. The summed E-state index contributed by atoms with van der Waals surface area (Å²) < 4.78 is 5.48. The van der Waals surface area contributed by atoms with Crippen molar-refractivity contribution in [2.24, 2.45) is 17.8 Å². The van der Waals surface area contributed by atoms with E-state index in [0.29, 0.717) is 12.8 Å². The fourth-order valence-electron chi connectivity index (χ4n) is 2.66. The smallest absolute Gasteiger partial charge is 0.310 e. The van der Waals surface area contributed by atoms with E-state index in [1.807, 2.05) is 56.3 Å². The van der Waals surface area contributed by atoms with Gasteiger partial charge in [0.25, 0.3) is 0 Å². The van der Waals surface area contributed by atoms with Gasteiger partial charge >= 0.3 is 11.9 Å². The topological polar surface area (TPSA) is 63.6 Å². The van der Waals surface area contributed by atoms with Crippen LogP contribution < -0.4 is 0 Å². The number of allylic oxidation sites excluding steroid dienone is 1. The van der Waals surface area contributed by atoms with Gasteiger partial charge in [-0.15, -0.1) is 0 Å². The Balaban J connectivity index is 2.98. The SMILES string of the molecule is CC(C)C[C@@H](C(=O)O)[C@H](C/C=C/c1ccccc1)C(=O)OC(C)(C)C. The Bertz CT molecular complexity index is 582. The zero-order valence-electron chi connectivity index (χ0n) is 15.9. The van der Waals surface area contributed by atoms with Crippen molar-refractivity contribution in [1.82, 2.24) is 0 Å². The highest BCUT2D eigenvalue weighted by Crippen LogP contribution is 2.27. The fraction of sp³-hybridized carbons (Fsp3) is 0.524. The molecule has 1 N–H and O–H groups in total. The van der Waals surface area contributed by atoms with Gasteiger partial charge in [-0.25, -0.2) is 0 Å². The van der Waals surface area contributed by atoms with E-state index in [2.05, 4.69) is 0 Å². The van der Waals surface area contributed by atoms with Crippen molar-refractivity contribution in [1.29, 1.82) is 0 Å². The lowest BCUT2D eigenvalue weighted by Gasteiger charge is -2.27. The molecule has 1 rings (SSSR count). The molecular weight excluding hydrogens is 316 g/mol. The molecule has 0 heterocycles. The Morgan fingerprint density at radius 3 is 2.20 bits per heavy atom. The van der Waals surface area contributed by atoms with Gasteiger partial charge in [-0.2, -0.15) is 0 Å². The lowest BCUT2D eigenvalue weighted by molar-refractivity contribution is -0.167. The van der Waals surface area contributed by atoms with Crippen LogP contribution in [0.2, 0.25) is 0 Å². The summed E-state index contributed by atoms with van der Waals surface area (Å²) in [6.07, 6.45) is 4.55. The molecule has 0 fully saturated rings. The van der Waals surface area contributed by atoms with Crippen LogP contribution in [0.4, 0.5) is 0 Å². The van der Waals surface area contributed by atoms with Crippen molar-refractivity contribution in [2.45, 2.75) is 53.1 Å². The Kier molecular flexibility index (Phi) is 7.88. The van der Waals surface area contributed by atoms with Crippen molar-refractivity contribution in [3.05, 3.63) is 42.0 Å². The summed E-state index contributed by atoms with van der Waals surface area (Å²) in [7, 11) is 0. The molecule has 25 heavy (non-hydrogen) atoms. The number of carboxylic acid groups (broad SMARTS) is 1. The summed E-state index contributed by atoms with van der Waals surface area (Å²) >= 11 is 0. The first-order valence-corrected chi connectivity index (χ1v) is 8.77. The molecule has 0 aromatic heterocycles. The minimum atomic E-state index is -0.947. The van der Waals surface area contributed by atoms with Gasteiger partial charge in [-0.3, -0.25) is 9.59 Å². The molecule has 1 aromatic rings. The fourth-order valence-corrected chi connectivity index (χ4v) is 2.66. The largest absolute Gasteiger partial charge is 0.481 e. The highest BCUT2D eigenvalue weighted by atomic mass is 16.6. The third-order valence-corrected chi connectivity index (χ3v) is 3.74. The molecule has 0 aliphatic rings. The highest BCUT2D eigenvalue weighted by Gasteiger charge is 2.36. The number of carbonyl (C=O) groups excluding carboxylic acids is 1. The second-order valence-electron chi connectivity index (χ2n) is 7.76. The molecule has 0 amide bonds. The summed E-state index contributed by atoms with van der Waals surface area (Å²) in [6.45, 7) is 9.30. The predicted octanol–water partition coefficient (Wildman–Crippen LogP) is 4.79. The number of ether oxygens (including phenoxy) is 1. The van der Waals surface area contributed by atoms with Crippen LogP contribution in [-0.2, 0) is 14.3 Å². The molecule has 0 saturated carbocycles. The number of carbonyl (C=O) groups is 2. The van der Waals surface area contributed by atoms with Gasteiger partial charge in [0.05, 0.1) is 11.8 Å². The Morgan fingerprint density at radius 1 is 1.12 bits per heavy atom. The van der Waals surface area contributed by atoms with Gasteiger partial charge < -0.3 is 9.84 Å². The summed E-state index contributed by atoms with van der Waals surface area (Å²) in [5.74, 6) is -2.66. The van der Waals surface area contributed by atoms with Crippen LogP contribution in [0, 0.1) is 17.8 Å². The molecule has 4 nitrogen and oxygen atoms in total. The normalized spacial score (nSPS) is 14.5. The van der Waals surface area contributed by atoms with E-state index in [9.17, 15) is 14.7 Å². The minimum Gasteiger partial charge on any atom is -0.481 e. The third-order valence-electron chi connectivity index (χ3n) is 3.74. The molecule has 1 aromatic carbocycles. The maximum Gasteiger partial charge on any atom is 0.310 e. The van der Waals surface area contributed by atoms with Crippen molar-refractivity contribution in [2.75, 3.05) is 0 Å². The zero-order valence-corrected chi connectivity index (χ0v) is 15.9. The van der Waals surface area contributed by atoms with Crippen LogP contribution in [0.3, 0.4) is 0 Å². The summed E-state index contributed by atoms with van der Waals surface area (Å²) in [4.78, 5) is 24.4. The molecule has 4 heteroatoms. The zero-order chi connectivity index (χ0) is 19.0. The molecule has 0 aliphatic carbocycles. The monoisotopic (exact) mass is 346 g/mol. The molecule has 138 valence electrons. The predicted molar refractivity (Wildman–Crippen MR) is 100 cm³/mol. The maximum atomic E-state index is 12.6. The van der Waals surface area contributed by atoms with Crippen LogP contribution >= 0.6 is 0 Å². The van der Waals surface area contributed by atoms with Crippen molar-refractivity contribution < 1.29 is 19.4 Å². The van der Waals surface area contributed by atoms with E-state index in [1.165, 1.54) is 0 Å². The average Bonchev–Trinajstić information content (AvgIpc) is 2.48. The molecular formula is C21H30O4. The quantitative estimate of drug-likeness (QED) is 0.687. The highest BCUT2D eigenvalue weighted by molar-refractivity contribution is 5.81. The van der Waals surface area contributed by atoms with E-state index in [0.717, 1.165) is 5.56 Å². The number of esters is 1. The number of carboxylic acids is 1. The van der Waals surface area contributed by atoms with Gasteiger partial charge in [0.15, 0.2) is 0 Å². The minimum absolute atomic E-state index is 0.184. The van der Waals surface area contributed by atoms with E-state index in [1.54, 1.807) is 20.8 Å². The molecule has 0 aliphatic heterocycles.